The SMILES string of the molecule is COc1ccc(CCC(C)NCc2cccc(C(F)(F)F)c2)cc1. The number of rotatable bonds is 7. The average molecular weight is 337 g/mol. The second-order valence-electron chi connectivity index (χ2n) is 5.87. The van der Waals surface area contributed by atoms with E-state index in [1.165, 1.54) is 17.7 Å². The van der Waals surface area contributed by atoms with Gasteiger partial charge in [0.2, 0.25) is 0 Å². The fraction of sp³-hybridized carbons (Fsp3) is 0.368. The number of nitrogens with one attached hydrogen (secondary N) is 1. The summed E-state index contributed by atoms with van der Waals surface area (Å²) in [5.41, 5.74) is 1.25. The molecule has 2 nitrogen and oxygen atoms in total. The summed E-state index contributed by atoms with van der Waals surface area (Å²) in [5, 5.41) is 3.28. The van der Waals surface area contributed by atoms with Gasteiger partial charge in [-0.05, 0) is 49.1 Å². The lowest BCUT2D eigenvalue weighted by Crippen LogP contribution is -2.26. The van der Waals surface area contributed by atoms with Crippen molar-refractivity contribution >= 4 is 0 Å². The van der Waals surface area contributed by atoms with Crippen LogP contribution in [0, 0.1) is 0 Å². The van der Waals surface area contributed by atoms with Crippen LogP contribution in [0.2, 0.25) is 0 Å². The van der Waals surface area contributed by atoms with Crippen LogP contribution in [-0.2, 0) is 19.1 Å². The van der Waals surface area contributed by atoms with Crippen molar-refractivity contribution in [3.63, 3.8) is 0 Å². The number of ether oxygens (including phenoxy) is 1. The van der Waals surface area contributed by atoms with Crippen LogP contribution in [0.4, 0.5) is 13.2 Å². The minimum atomic E-state index is -4.30. The van der Waals surface area contributed by atoms with E-state index in [0.717, 1.165) is 24.7 Å². The second kappa shape index (κ2) is 8.20. The van der Waals surface area contributed by atoms with Gasteiger partial charge in [-0.1, -0.05) is 30.3 Å². The largest absolute Gasteiger partial charge is 0.497 e. The molecule has 0 aliphatic rings. The summed E-state index contributed by atoms with van der Waals surface area (Å²) in [5.74, 6) is 0.828. The monoisotopic (exact) mass is 337 g/mol. The molecule has 0 spiro atoms. The summed E-state index contributed by atoms with van der Waals surface area (Å²) in [6.45, 7) is 2.46. The molecule has 0 saturated heterocycles. The molecule has 0 aromatic heterocycles. The van der Waals surface area contributed by atoms with Crippen molar-refractivity contribution in [1.29, 1.82) is 0 Å². The fourth-order valence-electron chi connectivity index (χ4n) is 2.43. The molecule has 1 unspecified atom stereocenters. The lowest BCUT2D eigenvalue weighted by atomic mass is 10.1. The molecule has 1 atom stereocenters. The molecule has 130 valence electrons. The maximum absolute atomic E-state index is 12.7. The third-order valence-corrected chi connectivity index (χ3v) is 3.93. The average Bonchev–Trinajstić information content (AvgIpc) is 2.58. The first-order valence-electron chi connectivity index (χ1n) is 7.91. The predicted molar refractivity (Wildman–Crippen MR) is 89.1 cm³/mol. The molecule has 0 aliphatic carbocycles. The van der Waals surface area contributed by atoms with Gasteiger partial charge in [-0.2, -0.15) is 13.2 Å². The van der Waals surface area contributed by atoms with Crippen molar-refractivity contribution in [3.8, 4) is 5.75 Å². The summed E-state index contributed by atoms with van der Waals surface area (Å²) in [6.07, 6.45) is -2.48. The van der Waals surface area contributed by atoms with Crippen LogP contribution in [0.3, 0.4) is 0 Å². The Hall–Kier alpha value is -2.01. The Morgan fingerprint density at radius 1 is 1.04 bits per heavy atom. The highest BCUT2D eigenvalue weighted by atomic mass is 19.4. The molecule has 2 rings (SSSR count). The zero-order valence-corrected chi connectivity index (χ0v) is 13.9. The summed E-state index contributed by atoms with van der Waals surface area (Å²) in [6, 6.07) is 13.6. The molecular weight excluding hydrogens is 315 g/mol. The van der Waals surface area contributed by atoms with E-state index < -0.39 is 11.7 Å². The minimum Gasteiger partial charge on any atom is -0.497 e. The molecule has 0 fully saturated rings. The predicted octanol–water partition coefficient (Wildman–Crippen LogP) is 4.82. The van der Waals surface area contributed by atoms with Crippen LogP contribution >= 0.6 is 0 Å². The molecular formula is C19H22F3NO. The van der Waals surface area contributed by atoms with E-state index in [1.54, 1.807) is 13.2 Å². The zero-order chi connectivity index (χ0) is 17.6. The Bertz CT molecular complexity index is 638. The minimum absolute atomic E-state index is 0.210. The van der Waals surface area contributed by atoms with Gasteiger partial charge in [0.1, 0.15) is 5.75 Å². The maximum Gasteiger partial charge on any atom is 0.416 e. The standard InChI is InChI=1S/C19H22F3NO/c1-14(6-7-15-8-10-18(24-2)11-9-15)23-13-16-4-3-5-17(12-16)19(20,21)22/h3-5,8-12,14,23H,6-7,13H2,1-2H3. The van der Waals surface area contributed by atoms with Crippen LogP contribution in [-0.4, -0.2) is 13.2 Å². The van der Waals surface area contributed by atoms with Gasteiger partial charge in [0.15, 0.2) is 0 Å². The van der Waals surface area contributed by atoms with Gasteiger partial charge in [-0.25, -0.2) is 0 Å². The molecule has 2 aromatic rings. The van der Waals surface area contributed by atoms with E-state index in [2.05, 4.69) is 5.32 Å². The van der Waals surface area contributed by atoms with Crippen molar-refractivity contribution in [3.05, 3.63) is 65.2 Å². The van der Waals surface area contributed by atoms with E-state index >= 15 is 0 Å². The molecule has 0 heterocycles. The van der Waals surface area contributed by atoms with Crippen LogP contribution in [0.25, 0.3) is 0 Å². The quantitative estimate of drug-likeness (QED) is 0.782. The lowest BCUT2D eigenvalue weighted by molar-refractivity contribution is -0.137. The van der Waals surface area contributed by atoms with Crippen molar-refractivity contribution in [2.45, 2.75) is 38.5 Å². The van der Waals surface area contributed by atoms with Gasteiger partial charge >= 0.3 is 6.18 Å². The second-order valence-corrected chi connectivity index (χ2v) is 5.87. The molecule has 0 aliphatic heterocycles. The van der Waals surface area contributed by atoms with Crippen LogP contribution in [0.5, 0.6) is 5.75 Å². The van der Waals surface area contributed by atoms with E-state index in [4.69, 9.17) is 4.74 Å². The molecule has 0 bridgehead atoms. The van der Waals surface area contributed by atoms with E-state index in [9.17, 15) is 13.2 Å². The molecule has 0 radical (unpaired) electrons. The lowest BCUT2D eigenvalue weighted by Gasteiger charge is -2.15. The molecule has 1 N–H and O–H groups in total. The van der Waals surface area contributed by atoms with E-state index in [0.29, 0.717) is 12.1 Å². The van der Waals surface area contributed by atoms with Gasteiger partial charge < -0.3 is 10.1 Å². The number of halogens is 3. The Morgan fingerprint density at radius 3 is 2.38 bits per heavy atom. The van der Waals surface area contributed by atoms with Crippen molar-refractivity contribution < 1.29 is 17.9 Å². The van der Waals surface area contributed by atoms with Gasteiger partial charge in [-0.3, -0.25) is 0 Å². The first-order chi connectivity index (χ1) is 11.4. The highest BCUT2D eigenvalue weighted by molar-refractivity contribution is 5.27. The number of benzene rings is 2. The normalized spacial score (nSPS) is 12.9. The Labute approximate surface area is 140 Å². The van der Waals surface area contributed by atoms with Crippen LogP contribution in [0.1, 0.15) is 30.0 Å². The first-order valence-corrected chi connectivity index (χ1v) is 7.91. The third kappa shape index (κ3) is 5.57. The van der Waals surface area contributed by atoms with Crippen molar-refractivity contribution in [2.75, 3.05) is 7.11 Å². The molecule has 0 amide bonds. The molecule has 2 aromatic carbocycles. The Kier molecular flexibility index (Phi) is 6.26. The van der Waals surface area contributed by atoms with Crippen LogP contribution < -0.4 is 10.1 Å². The Balaban J connectivity index is 1.81. The molecule has 24 heavy (non-hydrogen) atoms. The topological polar surface area (TPSA) is 21.3 Å². The summed E-state index contributed by atoms with van der Waals surface area (Å²) in [7, 11) is 1.63. The third-order valence-electron chi connectivity index (χ3n) is 3.93. The van der Waals surface area contributed by atoms with Crippen LogP contribution in [0.15, 0.2) is 48.5 Å². The molecule has 5 heteroatoms. The number of hydrogen-bond acceptors (Lipinski definition) is 2. The fourth-order valence-corrected chi connectivity index (χ4v) is 2.43. The number of methoxy groups -OCH3 is 1. The van der Waals surface area contributed by atoms with Gasteiger partial charge in [0, 0.05) is 12.6 Å². The van der Waals surface area contributed by atoms with Crippen molar-refractivity contribution in [2.24, 2.45) is 0 Å². The number of alkyl halides is 3. The first kappa shape index (κ1) is 18.3. The van der Waals surface area contributed by atoms with Gasteiger partial charge in [0.05, 0.1) is 12.7 Å². The maximum atomic E-state index is 12.7. The highest BCUT2D eigenvalue weighted by Gasteiger charge is 2.30. The zero-order valence-electron chi connectivity index (χ0n) is 13.9. The van der Waals surface area contributed by atoms with E-state index in [1.807, 2.05) is 31.2 Å². The molecule has 0 saturated carbocycles. The highest BCUT2D eigenvalue weighted by Crippen LogP contribution is 2.29. The summed E-state index contributed by atoms with van der Waals surface area (Å²) < 4.78 is 43.2. The summed E-state index contributed by atoms with van der Waals surface area (Å²) in [4.78, 5) is 0. The smallest absolute Gasteiger partial charge is 0.416 e. The number of aryl methyl sites for hydroxylation is 1. The Morgan fingerprint density at radius 2 is 1.75 bits per heavy atom. The van der Waals surface area contributed by atoms with Crippen molar-refractivity contribution in [1.82, 2.24) is 5.32 Å². The van der Waals surface area contributed by atoms with Gasteiger partial charge in [-0.15, -0.1) is 0 Å². The van der Waals surface area contributed by atoms with Gasteiger partial charge in [0.25, 0.3) is 0 Å². The summed E-state index contributed by atoms with van der Waals surface area (Å²) >= 11 is 0. The van der Waals surface area contributed by atoms with E-state index in [-0.39, 0.29) is 6.04 Å². The number of hydrogen-bond donors (Lipinski definition) is 1.